The molecule has 3 saturated heterocycles. The summed E-state index contributed by atoms with van der Waals surface area (Å²) in [7, 11) is 0. The summed E-state index contributed by atoms with van der Waals surface area (Å²) in [6.45, 7) is 2.52. The molecule has 84 valence electrons. The van der Waals surface area contributed by atoms with Crippen LogP contribution < -0.4 is 5.43 Å². The minimum absolute atomic E-state index is 0.415. The molecule has 16 heavy (non-hydrogen) atoms. The Morgan fingerprint density at radius 2 is 2.25 bits per heavy atom. The van der Waals surface area contributed by atoms with Crippen molar-refractivity contribution in [3.05, 3.63) is 22.4 Å². The molecule has 1 aromatic rings. The minimum atomic E-state index is 0.415. The van der Waals surface area contributed by atoms with Crippen LogP contribution in [0.3, 0.4) is 0 Å². The van der Waals surface area contributed by atoms with Gasteiger partial charge in [-0.05, 0) is 37.4 Å². The van der Waals surface area contributed by atoms with Crippen LogP contribution in [0.2, 0.25) is 0 Å². The molecule has 4 aliphatic heterocycles. The van der Waals surface area contributed by atoms with Crippen LogP contribution in [0.25, 0.3) is 0 Å². The first-order valence-electron chi connectivity index (χ1n) is 6.04. The standard InChI is InChI=1S/C12H15N3S/c1-2-9(16-7-1)11-12-10(13-14-11)8-3-5-15(12)6-4-8/h1-2,7-8,11-12,14H,3-6H2. The van der Waals surface area contributed by atoms with Gasteiger partial charge in [-0.2, -0.15) is 5.10 Å². The first-order valence-corrected chi connectivity index (χ1v) is 6.92. The first-order chi connectivity index (χ1) is 7.93. The molecule has 5 rings (SSSR count). The van der Waals surface area contributed by atoms with E-state index in [9.17, 15) is 0 Å². The topological polar surface area (TPSA) is 27.6 Å². The van der Waals surface area contributed by atoms with Crippen LogP contribution in [-0.2, 0) is 0 Å². The normalized spacial score (nSPS) is 40.4. The second kappa shape index (κ2) is 3.31. The summed E-state index contributed by atoms with van der Waals surface area (Å²) in [5.74, 6) is 0.757. The summed E-state index contributed by atoms with van der Waals surface area (Å²) in [6.07, 6.45) is 2.63. The highest BCUT2D eigenvalue weighted by molar-refractivity contribution is 7.10. The Morgan fingerprint density at radius 3 is 3.00 bits per heavy atom. The monoisotopic (exact) mass is 233 g/mol. The Labute approximate surface area is 99.1 Å². The second-order valence-electron chi connectivity index (χ2n) is 4.91. The van der Waals surface area contributed by atoms with Crippen LogP contribution in [0.15, 0.2) is 22.6 Å². The molecule has 3 fully saturated rings. The summed E-state index contributed by atoms with van der Waals surface area (Å²) >= 11 is 1.84. The van der Waals surface area contributed by atoms with Crippen LogP contribution in [0.5, 0.6) is 0 Å². The van der Waals surface area contributed by atoms with Crippen molar-refractivity contribution in [1.82, 2.24) is 10.3 Å². The molecule has 0 amide bonds. The van der Waals surface area contributed by atoms with Gasteiger partial charge in [0.25, 0.3) is 0 Å². The number of hydrogen-bond donors (Lipinski definition) is 1. The lowest BCUT2D eigenvalue weighted by Gasteiger charge is -2.45. The highest BCUT2D eigenvalue weighted by Gasteiger charge is 2.46. The van der Waals surface area contributed by atoms with Crippen LogP contribution in [0.4, 0.5) is 0 Å². The van der Waals surface area contributed by atoms with Crippen molar-refractivity contribution in [2.75, 3.05) is 13.1 Å². The van der Waals surface area contributed by atoms with Gasteiger partial charge in [0, 0.05) is 10.8 Å². The Balaban J connectivity index is 1.71. The van der Waals surface area contributed by atoms with Crippen molar-refractivity contribution in [2.24, 2.45) is 11.0 Å². The van der Waals surface area contributed by atoms with Gasteiger partial charge in [0.2, 0.25) is 0 Å². The fraction of sp³-hybridized carbons (Fsp3) is 0.583. The average molecular weight is 233 g/mol. The molecule has 0 radical (unpaired) electrons. The summed E-state index contributed by atoms with van der Waals surface area (Å²) in [4.78, 5) is 4.04. The Hall–Kier alpha value is -0.870. The molecule has 2 unspecified atom stereocenters. The minimum Gasteiger partial charge on any atom is -0.300 e. The average Bonchev–Trinajstić information content (AvgIpc) is 3.00. The molecule has 0 saturated carbocycles. The van der Waals surface area contributed by atoms with Crippen molar-refractivity contribution in [3.8, 4) is 0 Å². The van der Waals surface area contributed by atoms with E-state index in [-0.39, 0.29) is 0 Å². The summed E-state index contributed by atoms with van der Waals surface area (Å²) < 4.78 is 0. The van der Waals surface area contributed by atoms with E-state index in [1.807, 2.05) is 11.3 Å². The maximum atomic E-state index is 4.61. The van der Waals surface area contributed by atoms with Crippen LogP contribution in [-0.4, -0.2) is 29.7 Å². The number of piperidine rings is 3. The van der Waals surface area contributed by atoms with Gasteiger partial charge >= 0.3 is 0 Å². The molecular weight excluding hydrogens is 218 g/mol. The van der Waals surface area contributed by atoms with E-state index in [0.717, 1.165) is 5.92 Å². The van der Waals surface area contributed by atoms with Crippen LogP contribution >= 0.6 is 11.3 Å². The molecule has 3 nitrogen and oxygen atoms in total. The number of thiophene rings is 1. The highest BCUT2D eigenvalue weighted by atomic mass is 32.1. The predicted octanol–water partition coefficient (Wildman–Crippen LogP) is 1.84. The third-order valence-electron chi connectivity index (χ3n) is 4.14. The van der Waals surface area contributed by atoms with Crippen molar-refractivity contribution >= 4 is 17.0 Å². The van der Waals surface area contributed by atoms with Gasteiger partial charge in [0.1, 0.15) is 0 Å². The smallest absolute Gasteiger partial charge is 0.0990 e. The Morgan fingerprint density at radius 1 is 1.38 bits per heavy atom. The summed E-state index contributed by atoms with van der Waals surface area (Å²) in [5.41, 5.74) is 4.79. The van der Waals surface area contributed by atoms with Gasteiger partial charge < -0.3 is 0 Å². The number of fused-ring (bicyclic) bond motifs is 2. The zero-order valence-corrected chi connectivity index (χ0v) is 9.91. The molecule has 2 atom stereocenters. The van der Waals surface area contributed by atoms with E-state index in [4.69, 9.17) is 0 Å². The zero-order chi connectivity index (χ0) is 10.5. The van der Waals surface area contributed by atoms with Crippen LogP contribution in [0, 0.1) is 5.92 Å². The summed E-state index contributed by atoms with van der Waals surface area (Å²) in [5, 5.41) is 6.77. The number of rotatable bonds is 1. The van der Waals surface area contributed by atoms with Gasteiger partial charge in [0.15, 0.2) is 0 Å². The molecule has 0 aliphatic carbocycles. The van der Waals surface area contributed by atoms with Crippen molar-refractivity contribution < 1.29 is 0 Å². The largest absolute Gasteiger partial charge is 0.300 e. The van der Waals surface area contributed by atoms with Crippen LogP contribution in [0.1, 0.15) is 23.8 Å². The quantitative estimate of drug-likeness (QED) is 0.801. The van der Waals surface area contributed by atoms with E-state index >= 15 is 0 Å². The number of nitrogens with one attached hydrogen (secondary N) is 1. The van der Waals surface area contributed by atoms with Crippen molar-refractivity contribution in [2.45, 2.75) is 24.9 Å². The molecule has 0 spiro atoms. The van der Waals surface area contributed by atoms with Gasteiger partial charge in [-0.1, -0.05) is 6.07 Å². The van der Waals surface area contributed by atoms with E-state index in [0.29, 0.717) is 12.1 Å². The Bertz CT molecular complexity index is 417. The highest BCUT2D eigenvalue weighted by Crippen LogP contribution is 2.39. The van der Waals surface area contributed by atoms with E-state index < -0.39 is 0 Å². The van der Waals surface area contributed by atoms with Gasteiger partial charge in [-0.15, -0.1) is 11.3 Å². The zero-order valence-electron chi connectivity index (χ0n) is 9.10. The van der Waals surface area contributed by atoms with Crippen molar-refractivity contribution in [1.29, 1.82) is 0 Å². The van der Waals surface area contributed by atoms with E-state index in [1.54, 1.807) is 0 Å². The maximum absolute atomic E-state index is 4.61. The fourth-order valence-electron chi connectivity index (χ4n) is 3.34. The predicted molar refractivity (Wildman–Crippen MR) is 65.7 cm³/mol. The van der Waals surface area contributed by atoms with Crippen molar-refractivity contribution in [3.63, 3.8) is 0 Å². The molecule has 1 N–H and O–H groups in total. The van der Waals surface area contributed by atoms with E-state index in [2.05, 4.69) is 32.9 Å². The SMILES string of the molecule is c1csc(C2NN=C3C4CCN(CC4)C32)c1. The Kier molecular flexibility index (Phi) is 1.90. The summed E-state index contributed by atoms with van der Waals surface area (Å²) in [6, 6.07) is 5.32. The van der Waals surface area contributed by atoms with Gasteiger partial charge in [0.05, 0.1) is 17.8 Å². The lowest BCUT2D eigenvalue weighted by Crippen LogP contribution is -2.56. The number of hydrazone groups is 1. The fourth-order valence-corrected chi connectivity index (χ4v) is 4.14. The molecule has 4 aliphatic rings. The first kappa shape index (κ1) is 9.19. The molecular formula is C12H15N3S. The third-order valence-corrected chi connectivity index (χ3v) is 5.10. The molecule has 1 aromatic heterocycles. The van der Waals surface area contributed by atoms with Gasteiger partial charge in [-0.3, -0.25) is 10.3 Å². The second-order valence-corrected chi connectivity index (χ2v) is 5.89. The molecule has 0 aromatic carbocycles. The maximum Gasteiger partial charge on any atom is 0.0990 e. The van der Waals surface area contributed by atoms with E-state index in [1.165, 1.54) is 36.5 Å². The van der Waals surface area contributed by atoms with Gasteiger partial charge in [-0.25, -0.2) is 0 Å². The molecule has 5 heterocycles. The number of nitrogens with zero attached hydrogens (tertiary/aromatic N) is 2. The molecule has 4 heteroatoms. The third kappa shape index (κ3) is 1.14. The number of hydrogen-bond acceptors (Lipinski definition) is 4. The lowest BCUT2D eigenvalue weighted by atomic mass is 9.79. The molecule has 2 bridgehead atoms. The lowest BCUT2D eigenvalue weighted by molar-refractivity contribution is 0.134.